The zero-order valence-electron chi connectivity index (χ0n) is 12.9. The topological polar surface area (TPSA) is 26.8 Å². The number of amides is 2. The molecule has 1 aromatic rings. The van der Waals surface area contributed by atoms with Crippen LogP contribution < -0.4 is 0 Å². The van der Waals surface area contributed by atoms with Gasteiger partial charge in [0.1, 0.15) is 0 Å². The molecule has 0 radical (unpaired) electrons. The second-order valence-electron chi connectivity index (χ2n) is 6.24. The molecule has 0 saturated carbocycles. The Bertz CT molecular complexity index is 460. The number of likely N-dealkylation sites (tertiary alicyclic amines) is 1. The molecule has 1 aromatic carbocycles. The molecule has 2 amide bonds. The van der Waals surface area contributed by atoms with Crippen molar-refractivity contribution < 1.29 is 4.79 Å². The molecule has 4 heteroatoms. The normalized spacial score (nSPS) is 21.6. The van der Waals surface area contributed by atoms with Crippen molar-refractivity contribution in [3.05, 3.63) is 35.9 Å². The Balaban J connectivity index is 1.52. The molecular weight excluding hydrogens is 262 g/mol. The fourth-order valence-corrected chi connectivity index (χ4v) is 3.33. The van der Waals surface area contributed by atoms with Gasteiger partial charge in [-0.15, -0.1) is 0 Å². The first-order valence-corrected chi connectivity index (χ1v) is 8.01. The van der Waals surface area contributed by atoms with E-state index in [0.717, 1.165) is 52.1 Å². The molecule has 0 aliphatic carbocycles. The summed E-state index contributed by atoms with van der Waals surface area (Å²) in [7, 11) is 2.12. The first-order chi connectivity index (χ1) is 10.2. The van der Waals surface area contributed by atoms with Crippen molar-refractivity contribution in [1.82, 2.24) is 14.7 Å². The van der Waals surface area contributed by atoms with Crippen LogP contribution in [-0.4, -0.2) is 67.0 Å². The van der Waals surface area contributed by atoms with Gasteiger partial charge in [-0.3, -0.25) is 0 Å². The van der Waals surface area contributed by atoms with Crippen molar-refractivity contribution >= 4 is 6.03 Å². The van der Waals surface area contributed by atoms with Crippen LogP contribution in [0.4, 0.5) is 4.79 Å². The number of carbonyl (C=O) groups excluding carboxylic acids is 1. The van der Waals surface area contributed by atoms with E-state index in [1.54, 1.807) is 0 Å². The monoisotopic (exact) mass is 287 g/mol. The first-order valence-electron chi connectivity index (χ1n) is 8.01. The molecule has 2 aliphatic heterocycles. The largest absolute Gasteiger partial charge is 0.325 e. The molecule has 2 aliphatic rings. The number of carbonyl (C=O) groups is 1. The smallest absolute Gasteiger partial charge is 0.320 e. The zero-order chi connectivity index (χ0) is 14.7. The third-order valence-electron chi connectivity index (χ3n) is 4.81. The van der Waals surface area contributed by atoms with Crippen molar-refractivity contribution in [3.8, 4) is 0 Å². The van der Waals surface area contributed by atoms with Gasteiger partial charge in [0.15, 0.2) is 0 Å². The van der Waals surface area contributed by atoms with E-state index in [1.165, 1.54) is 5.56 Å². The Hall–Kier alpha value is -1.55. The van der Waals surface area contributed by atoms with Crippen LogP contribution in [-0.2, 0) is 0 Å². The minimum Gasteiger partial charge on any atom is -0.325 e. The molecular formula is C17H25N3O. The maximum atomic E-state index is 12.5. The second kappa shape index (κ2) is 6.48. The lowest BCUT2D eigenvalue weighted by Crippen LogP contribution is -2.53. The minimum absolute atomic E-state index is 0.245. The van der Waals surface area contributed by atoms with Gasteiger partial charge >= 0.3 is 6.03 Å². The van der Waals surface area contributed by atoms with Crippen LogP contribution in [0.2, 0.25) is 0 Å². The van der Waals surface area contributed by atoms with E-state index >= 15 is 0 Å². The minimum atomic E-state index is 0.245. The van der Waals surface area contributed by atoms with Crippen LogP contribution in [0.3, 0.4) is 0 Å². The highest BCUT2D eigenvalue weighted by molar-refractivity contribution is 5.74. The quantitative estimate of drug-likeness (QED) is 0.792. The highest BCUT2D eigenvalue weighted by Gasteiger charge is 2.28. The molecule has 0 N–H and O–H groups in total. The van der Waals surface area contributed by atoms with Gasteiger partial charge in [-0.2, -0.15) is 0 Å². The van der Waals surface area contributed by atoms with E-state index < -0.39 is 0 Å². The van der Waals surface area contributed by atoms with E-state index in [2.05, 4.69) is 42.3 Å². The predicted octanol–water partition coefficient (Wildman–Crippen LogP) is 2.23. The number of hydrogen-bond acceptors (Lipinski definition) is 2. The van der Waals surface area contributed by atoms with E-state index in [0.29, 0.717) is 5.92 Å². The number of likely N-dealkylation sites (N-methyl/N-ethyl adjacent to an activating group) is 1. The average molecular weight is 287 g/mol. The van der Waals surface area contributed by atoms with Crippen LogP contribution >= 0.6 is 0 Å². The van der Waals surface area contributed by atoms with Gasteiger partial charge in [0, 0.05) is 39.3 Å². The summed E-state index contributed by atoms with van der Waals surface area (Å²) in [4.78, 5) is 18.9. The lowest BCUT2D eigenvalue weighted by atomic mass is 9.89. The molecule has 2 fully saturated rings. The molecule has 114 valence electrons. The van der Waals surface area contributed by atoms with Crippen LogP contribution in [0.25, 0.3) is 0 Å². The summed E-state index contributed by atoms with van der Waals surface area (Å²) in [6, 6.07) is 10.9. The van der Waals surface area contributed by atoms with Crippen molar-refractivity contribution in [3.63, 3.8) is 0 Å². The second-order valence-corrected chi connectivity index (χ2v) is 6.24. The zero-order valence-corrected chi connectivity index (χ0v) is 12.9. The molecule has 0 bridgehead atoms. The summed E-state index contributed by atoms with van der Waals surface area (Å²) in [6.45, 7) is 5.51. The molecule has 21 heavy (non-hydrogen) atoms. The molecule has 2 heterocycles. The van der Waals surface area contributed by atoms with E-state index in [4.69, 9.17) is 0 Å². The number of rotatable bonds is 1. The van der Waals surface area contributed by atoms with Gasteiger partial charge in [0.2, 0.25) is 0 Å². The molecule has 3 rings (SSSR count). The number of piperidine rings is 1. The lowest BCUT2D eigenvalue weighted by molar-refractivity contribution is 0.113. The molecule has 0 atom stereocenters. The third kappa shape index (κ3) is 3.38. The summed E-state index contributed by atoms with van der Waals surface area (Å²) in [5.41, 5.74) is 1.42. The van der Waals surface area contributed by atoms with E-state index in [9.17, 15) is 4.79 Å². The first kappa shape index (κ1) is 14.4. The standard InChI is InChI=1S/C17H25N3O/c1-18-11-13-20(14-12-18)17(21)19-9-7-16(8-10-19)15-5-3-2-4-6-15/h2-6,16H,7-14H2,1H3. The van der Waals surface area contributed by atoms with Crippen LogP contribution in [0.5, 0.6) is 0 Å². The van der Waals surface area contributed by atoms with Crippen molar-refractivity contribution in [2.75, 3.05) is 46.3 Å². The van der Waals surface area contributed by atoms with Crippen LogP contribution in [0.1, 0.15) is 24.3 Å². The number of nitrogens with zero attached hydrogens (tertiary/aromatic N) is 3. The third-order valence-corrected chi connectivity index (χ3v) is 4.81. The maximum absolute atomic E-state index is 12.5. The summed E-state index contributed by atoms with van der Waals surface area (Å²) >= 11 is 0. The van der Waals surface area contributed by atoms with Crippen molar-refractivity contribution in [2.45, 2.75) is 18.8 Å². The van der Waals surface area contributed by atoms with E-state index in [1.807, 2.05) is 9.80 Å². The summed E-state index contributed by atoms with van der Waals surface area (Å²) in [5.74, 6) is 0.614. The van der Waals surface area contributed by atoms with E-state index in [-0.39, 0.29) is 6.03 Å². The maximum Gasteiger partial charge on any atom is 0.320 e. The van der Waals surface area contributed by atoms with Gasteiger partial charge in [-0.1, -0.05) is 30.3 Å². The Morgan fingerprint density at radius 1 is 0.905 bits per heavy atom. The van der Waals surface area contributed by atoms with Crippen LogP contribution in [0.15, 0.2) is 30.3 Å². The van der Waals surface area contributed by atoms with Crippen molar-refractivity contribution in [1.29, 1.82) is 0 Å². The number of piperazine rings is 1. The fourth-order valence-electron chi connectivity index (χ4n) is 3.33. The van der Waals surface area contributed by atoms with Gasteiger partial charge in [0.25, 0.3) is 0 Å². The fraction of sp³-hybridized carbons (Fsp3) is 0.588. The highest BCUT2D eigenvalue weighted by Crippen LogP contribution is 2.28. The Labute approximate surface area is 127 Å². The molecule has 0 unspecified atom stereocenters. The summed E-state index contributed by atoms with van der Waals surface area (Å²) < 4.78 is 0. The van der Waals surface area contributed by atoms with Gasteiger partial charge in [-0.25, -0.2) is 4.79 Å². The van der Waals surface area contributed by atoms with Crippen molar-refractivity contribution in [2.24, 2.45) is 0 Å². The summed E-state index contributed by atoms with van der Waals surface area (Å²) in [5, 5.41) is 0. The Morgan fingerprint density at radius 3 is 2.10 bits per heavy atom. The predicted molar refractivity (Wildman–Crippen MR) is 84.5 cm³/mol. The molecule has 0 aromatic heterocycles. The van der Waals surface area contributed by atoms with Gasteiger partial charge in [-0.05, 0) is 31.4 Å². The molecule has 2 saturated heterocycles. The molecule has 0 spiro atoms. The van der Waals surface area contributed by atoms with Gasteiger partial charge in [0.05, 0.1) is 0 Å². The van der Waals surface area contributed by atoms with Crippen LogP contribution in [0, 0.1) is 0 Å². The Morgan fingerprint density at radius 2 is 1.48 bits per heavy atom. The number of urea groups is 1. The number of hydrogen-bond donors (Lipinski definition) is 0. The average Bonchev–Trinajstić information content (AvgIpc) is 2.56. The lowest BCUT2D eigenvalue weighted by Gasteiger charge is -2.39. The SMILES string of the molecule is CN1CCN(C(=O)N2CCC(c3ccccc3)CC2)CC1. The Kier molecular flexibility index (Phi) is 4.44. The van der Waals surface area contributed by atoms with Gasteiger partial charge < -0.3 is 14.7 Å². The molecule has 4 nitrogen and oxygen atoms in total. The highest BCUT2D eigenvalue weighted by atomic mass is 16.2. The summed E-state index contributed by atoms with van der Waals surface area (Å²) in [6.07, 6.45) is 2.17. The number of benzene rings is 1.